The van der Waals surface area contributed by atoms with Crippen LogP contribution in [0.2, 0.25) is 0 Å². The van der Waals surface area contributed by atoms with E-state index in [1.54, 1.807) is 0 Å². The second-order valence-corrected chi connectivity index (χ2v) is 4.95. The van der Waals surface area contributed by atoms with Gasteiger partial charge in [0, 0.05) is 5.39 Å². The summed E-state index contributed by atoms with van der Waals surface area (Å²) in [5.74, 6) is 0.398. The fourth-order valence-corrected chi connectivity index (χ4v) is 2.38. The maximum absolute atomic E-state index is 9.93. The van der Waals surface area contributed by atoms with Gasteiger partial charge in [0.25, 0.3) is 0 Å². The topological polar surface area (TPSA) is 113 Å². The third-order valence-electron chi connectivity index (χ3n) is 3.58. The van der Waals surface area contributed by atoms with Gasteiger partial charge in [-0.3, -0.25) is 0 Å². The van der Waals surface area contributed by atoms with E-state index in [-0.39, 0.29) is 0 Å². The molecule has 0 amide bonds. The molecule has 2 heterocycles. The Hall–Kier alpha value is -1.64. The summed E-state index contributed by atoms with van der Waals surface area (Å²) < 4.78 is 10.8. The van der Waals surface area contributed by atoms with Gasteiger partial charge < -0.3 is 34.9 Å². The molecule has 1 aromatic carbocycles. The van der Waals surface area contributed by atoms with Crippen molar-refractivity contribution in [3.05, 3.63) is 30.5 Å². The zero-order chi connectivity index (χ0) is 15.0. The third-order valence-corrected chi connectivity index (χ3v) is 3.58. The molecule has 0 radical (unpaired) electrons. The van der Waals surface area contributed by atoms with Crippen molar-refractivity contribution in [2.45, 2.75) is 30.7 Å². The molecule has 7 heteroatoms. The van der Waals surface area contributed by atoms with Crippen LogP contribution in [0.1, 0.15) is 0 Å². The van der Waals surface area contributed by atoms with Gasteiger partial charge in [-0.1, -0.05) is 24.3 Å². The minimum atomic E-state index is -1.46. The van der Waals surface area contributed by atoms with Crippen LogP contribution in [0.5, 0.6) is 5.75 Å². The quantitative estimate of drug-likeness (QED) is 0.573. The molecular formula is C14H16NO6-. The van der Waals surface area contributed by atoms with E-state index in [9.17, 15) is 15.3 Å². The van der Waals surface area contributed by atoms with Gasteiger partial charge in [0.15, 0.2) is 0 Å². The third kappa shape index (κ3) is 2.50. The van der Waals surface area contributed by atoms with Crippen LogP contribution in [-0.4, -0.2) is 57.7 Å². The maximum atomic E-state index is 9.93. The van der Waals surface area contributed by atoms with Crippen molar-refractivity contribution in [2.24, 2.45) is 0 Å². The highest BCUT2D eigenvalue weighted by Crippen LogP contribution is 2.29. The number of hydrogen-bond acceptors (Lipinski definition) is 6. The summed E-state index contributed by atoms with van der Waals surface area (Å²) in [6, 6.07) is 7.29. The molecule has 2 aromatic rings. The largest absolute Gasteiger partial charge is 0.661 e. The van der Waals surface area contributed by atoms with Crippen LogP contribution in [0.25, 0.3) is 10.9 Å². The lowest BCUT2D eigenvalue weighted by atomic mass is 9.99. The molecule has 0 bridgehead atoms. The minimum absolute atomic E-state index is 0.398. The van der Waals surface area contributed by atoms with Crippen LogP contribution >= 0.6 is 0 Å². The highest BCUT2D eigenvalue weighted by Gasteiger charge is 2.44. The van der Waals surface area contributed by atoms with E-state index < -0.39 is 37.3 Å². The Morgan fingerprint density at radius 2 is 1.86 bits per heavy atom. The fraction of sp³-hybridized carbons (Fsp3) is 0.429. The van der Waals surface area contributed by atoms with Crippen molar-refractivity contribution in [3.8, 4) is 5.75 Å². The summed E-state index contributed by atoms with van der Waals surface area (Å²) in [4.78, 5) is 4.16. The number of aromatic nitrogens is 1. The van der Waals surface area contributed by atoms with Crippen molar-refractivity contribution in [2.75, 3.05) is 6.61 Å². The minimum Gasteiger partial charge on any atom is -0.661 e. The summed E-state index contributed by atoms with van der Waals surface area (Å²) in [5.41, 5.74) is 0.733. The molecule has 7 nitrogen and oxygen atoms in total. The number of fused-ring (bicyclic) bond motifs is 1. The van der Waals surface area contributed by atoms with Gasteiger partial charge in [-0.2, -0.15) is 0 Å². The van der Waals surface area contributed by atoms with Crippen molar-refractivity contribution in [1.82, 2.24) is 4.98 Å². The highest BCUT2D eigenvalue weighted by atomic mass is 16.7. The van der Waals surface area contributed by atoms with E-state index >= 15 is 0 Å². The molecule has 5 atom stereocenters. The molecule has 3 rings (SSSR count). The Morgan fingerprint density at radius 3 is 2.62 bits per heavy atom. The van der Waals surface area contributed by atoms with E-state index in [1.165, 1.54) is 6.20 Å². The molecule has 0 aliphatic carbocycles. The van der Waals surface area contributed by atoms with Gasteiger partial charge in [0.1, 0.15) is 30.2 Å². The smallest absolute Gasteiger partial charge is 0.229 e. The number of benzene rings is 1. The zero-order valence-electron chi connectivity index (χ0n) is 11.0. The first-order valence-corrected chi connectivity index (χ1v) is 6.59. The van der Waals surface area contributed by atoms with Crippen molar-refractivity contribution in [1.29, 1.82) is 0 Å². The van der Waals surface area contributed by atoms with E-state index in [4.69, 9.17) is 14.6 Å². The van der Waals surface area contributed by atoms with Crippen LogP contribution < -0.4 is 9.72 Å². The van der Waals surface area contributed by atoms with Crippen LogP contribution in [-0.2, 0) is 4.74 Å². The Bertz CT molecular complexity index is 612. The molecule has 21 heavy (non-hydrogen) atoms. The summed E-state index contributed by atoms with van der Waals surface area (Å²) in [7, 11) is 0. The lowest BCUT2D eigenvalue weighted by Gasteiger charge is -2.39. The number of aliphatic hydroxyl groups is 4. The zero-order valence-corrected chi connectivity index (χ0v) is 11.0. The van der Waals surface area contributed by atoms with E-state index in [1.807, 2.05) is 24.3 Å². The van der Waals surface area contributed by atoms with Gasteiger partial charge in [-0.05, 0) is 0 Å². The van der Waals surface area contributed by atoms with E-state index in [0.29, 0.717) is 5.75 Å². The Morgan fingerprint density at radius 1 is 1.10 bits per heavy atom. The number of rotatable bonds is 3. The lowest BCUT2D eigenvalue weighted by molar-refractivity contribution is -0.277. The fourth-order valence-electron chi connectivity index (χ4n) is 2.38. The summed E-state index contributed by atoms with van der Waals surface area (Å²) in [5, 5.41) is 39.2. The van der Waals surface area contributed by atoms with Crippen LogP contribution in [0.15, 0.2) is 30.5 Å². The number of aliphatic hydroxyl groups excluding tert-OH is 4. The number of para-hydroxylation sites is 1. The van der Waals surface area contributed by atoms with Crippen LogP contribution in [0.4, 0.5) is 0 Å². The molecule has 1 aliphatic rings. The molecule has 114 valence electrons. The SMILES string of the molecule is OCC1OC(Oc2c[n-]c3ccccc23)C(O)C(O)C1O. The molecule has 1 aromatic heterocycles. The van der Waals surface area contributed by atoms with Gasteiger partial charge in [-0.25, -0.2) is 0 Å². The van der Waals surface area contributed by atoms with Crippen LogP contribution in [0.3, 0.4) is 0 Å². The van der Waals surface area contributed by atoms with Crippen molar-refractivity contribution < 1.29 is 29.9 Å². The van der Waals surface area contributed by atoms with Crippen molar-refractivity contribution >= 4 is 10.9 Å². The molecule has 4 N–H and O–H groups in total. The van der Waals surface area contributed by atoms with E-state index in [2.05, 4.69) is 4.98 Å². The lowest BCUT2D eigenvalue weighted by Crippen LogP contribution is -2.60. The number of hydrogen-bond donors (Lipinski definition) is 4. The predicted octanol–water partition coefficient (Wildman–Crippen LogP) is -1.02. The average molecular weight is 294 g/mol. The molecule has 1 saturated heterocycles. The highest BCUT2D eigenvalue weighted by molar-refractivity contribution is 5.85. The maximum Gasteiger partial charge on any atom is 0.229 e. The standard InChI is InChI=1S/C14H16NO6/c16-6-10-11(17)12(18)13(19)14(21-10)20-9-5-15-8-4-2-1-3-7(8)9/h1-5,10-14,16-19H,6H2/q-1. The van der Waals surface area contributed by atoms with Gasteiger partial charge >= 0.3 is 0 Å². The Kier molecular flexibility index (Phi) is 3.83. The second kappa shape index (κ2) is 5.63. The first-order valence-electron chi connectivity index (χ1n) is 6.59. The molecular weight excluding hydrogens is 278 g/mol. The molecule has 5 unspecified atom stereocenters. The summed E-state index contributed by atoms with van der Waals surface area (Å²) in [6.07, 6.45) is -5.01. The molecule has 0 saturated carbocycles. The van der Waals surface area contributed by atoms with E-state index in [0.717, 1.165) is 10.9 Å². The van der Waals surface area contributed by atoms with Gasteiger partial charge in [-0.15, -0.1) is 11.7 Å². The molecule has 0 spiro atoms. The predicted molar refractivity (Wildman–Crippen MR) is 71.7 cm³/mol. The van der Waals surface area contributed by atoms with Crippen molar-refractivity contribution in [3.63, 3.8) is 0 Å². The monoisotopic (exact) mass is 294 g/mol. The summed E-state index contributed by atoms with van der Waals surface area (Å²) >= 11 is 0. The second-order valence-electron chi connectivity index (χ2n) is 4.95. The average Bonchev–Trinajstić information content (AvgIpc) is 2.91. The first kappa shape index (κ1) is 14.3. The van der Waals surface area contributed by atoms with Crippen LogP contribution in [0, 0.1) is 0 Å². The normalized spacial score (nSPS) is 33.2. The van der Waals surface area contributed by atoms with Gasteiger partial charge in [0.2, 0.25) is 6.29 Å². The summed E-state index contributed by atoms with van der Waals surface area (Å²) in [6.45, 7) is -0.495. The van der Waals surface area contributed by atoms with Gasteiger partial charge in [0.05, 0.1) is 6.61 Å². The molecule has 1 fully saturated rings. The Labute approximate surface area is 120 Å². The Balaban J connectivity index is 1.83. The number of nitrogens with zero attached hydrogens (tertiary/aromatic N) is 1. The number of ether oxygens (including phenoxy) is 2. The molecule has 1 aliphatic heterocycles. The first-order chi connectivity index (χ1) is 10.1.